The van der Waals surface area contributed by atoms with Crippen molar-refractivity contribution in [2.45, 2.75) is 13.1 Å². The highest BCUT2D eigenvalue weighted by atomic mass is 19.4. The van der Waals surface area contributed by atoms with Crippen LogP contribution in [0, 0.1) is 6.92 Å². The van der Waals surface area contributed by atoms with Crippen LogP contribution in [0.4, 0.5) is 36.6 Å². The summed E-state index contributed by atoms with van der Waals surface area (Å²) in [7, 11) is 1.76. The molecule has 202 valence electrons. The van der Waals surface area contributed by atoms with Gasteiger partial charge in [-0.2, -0.15) is 18.2 Å². The highest BCUT2D eigenvalue weighted by molar-refractivity contribution is 6.36. The molecule has 0 atom stereocenters. The Morgan fingerprint density at radius 2 is 1.93 bits per heavy atom. The number of pyridine rings is 1. The molecule has 0 unspecified atom stereocenters. The third-order valence-electron chi connectivity index (χ3n) is 6.36. The second kappa shape index (κ2) is 9.55. The molecule has 1 aromatic carbocycles. The van der Waals surface area contributed by atoms with Gasteiger partial charge in [0.05, 0.1) is 12.1 Å². The van der Waals surface area contributed by atoms with Gasteiger partial charge in [0.2, 0.25) is 11.9 Å². The first-order chi connectivity index (χ1) is 19.2. The Morgan fingerprint density at radius 3 is 2.70 bits per heavy atom. The molecular weight excluding hydrogens is 525 g/mol. The van der Waals surface area contributed by atoms with Crippen LogP contribution in [0.2, 0.25) is 0 Å². The number of carbonyl (C=O) groups excluding carboxylic acids is 1. The number of aryl methyl sites for hydroxylation is 2. The van der Waals surface area contributed by atoms with Crippen LogP contribution in [0.1, 0.15) is 32.7 Å². The molecule has 4 aromatic rings. The summed E-state index contributed by atoms with van der Waals surface area (Å²) in [6, 6.07) is 6.82. The minimum atomic E-state index is -4.58. The largest absolute Gasteiger partial charge is 0.416 e. The van der Waals surface area contributed by atoms with Crippen LogP contribution in [-0.4, -0.2) is 54.5 Å². The van der Waals surface area contributed by atoms with Gasteiger partial charge >= 0.3 is 6.18 Å². The van der Waals surface area contributed by atoms with Crippen LogP contribution < -0.4 is 15.5 Å². The van der Waals surface area contributed by atoms with Crippen molar-refractivity contribution in [3.8, 4) is 0 Å². The summed E-state index contributed by atoms with van der Waals surface area (Å²) < 4.78 is 40.9. The lowest BCUT2D eigenvalue weighted by Crippen LogP contribution is -2.32. The van der Waals surface area contributed by atoms with Crippen molar-refractivity contribution in [3.05, 3.63) is 77.0 Å². The van der Waals surface area contributed by atoms with E-state index in [4.69, 9.17) is 4.99 Å². The maximum absolute atomic E-state index is 13.1. The number of carbonyl (C=O) groups is 1. The first kappa shape index (κ1) is 25.2. The molecule has 0 fully saturated rings. The Morgan fingerprint density at radius 1 is 1.07 bits per heavy atom. The Labute approximate surface area is 225 Å². The third-order valence-corrected chi connectivity index (χ3v) is 6.36. The van der Waals surface area contributed by atoms with E-state index in [-0.39, 0.29) is 5.69 Å². The highest BCUT2D eigenvalue weighted by Gasteiger charge is 2.32. The van der Waals surface area contributed by atoms with Crippen molar-refractivity contribution >= 4 is 46.8 Å². The van der Waals surface area contributed by atoms with Crippen LogP contribution >= 0.6 is 0 Å². The average molecular weight is 547 g/mol. The topological polar surface area (TPSA) is 126 Å². The van der Waals surface area contributed by atoms with E-state index >= 15 is 0 Å². The molecule has 2 aliphatic rings. The van der Waals surface area contributed by atoms with Crippen LogP contribution in [0.3, 0.4) is 0 Å². The number of anilines is 4. The molecule has 0 radical (unpaired) electrons. The lowest BCUT2D eigenvalue weighted by atomic mass is 9.94. The molecule has 14 heteroatoms. The molecule has 0 saturated heterocycles. The number of hydrogen-bond donors (Lipinski definition) is 2. The predicted octanol–water partition coefficient (Wildman–Crippen LogP) is 4.10. The van der Waals surface area contributed by atoms with E-state index in [0.29, 0.717) is 36.5 Å². The molecular formula is C26H21F3N10O. The number of nitrogens with zero attached hydrogens (tertiary/aromatic N) is 8. The van der Waals surface area contributed by atoms with Gasteiger partial charge in [0.1, 0.15) is 23.7 Å². The number of benzene rings is 1. The SMILES string of the molecule is Cc1ccc(NC(=O)c2cc(C(F)(F)F)ccn2)cc1C1=Cc2cnc(Nc3ncn(C)n3)nc2N2CCN=C12. The van der Waals surface area contributed by atoms with E-state index < -0.39 is 17.6 Å². The van der Waals surface area contributed by atoms with E-state index in [1.165, 1.54) is 0 Å². The molecule has 40 heavy (non-hydrogen) atoms. The first-order valence-corrected chi connectivity index (χ1v) is 12.1. The van der Waals surface area contributed by atoms with Gasteiger partial charge in [0.15, 0.2) is 0 Å². The van der Waals surface area contributed by atoms with Gasteiger partial charge in [-0.25, -0.2) is 9.97 Å². The number of aliphatic imine (C=N–C) groups is 1. The number of amidine groups is 1. The second-order valence-electron chi connectivity index (χ2n) is 9.17. The number of nitrogens with one attached hydrogen (secondary N) is 2. The summed E-state index contributed by atoms with van der Waals surface area (Å²) >= 11 is 0. The van der Waals surface area contributed by atoms with Crippen molar-refractivity contribution in [2.75, 3.05) is 28.6 Å². The Bertz CT molecular complexity index is 1710. The van der Waals surface area contributed by atoms with Crippen LogP contribution in [-0.2, 0) is 13.2 Å². The number of hydrogen-bond acceptors (Lipinski definition) is 9. The number of halogens is 3. The zero-order chi connectivity index (χ0) is 28.0. The molecule has 0 bridgehead atoms. The summed E-state index contributed by atoms with van der Waals surface area (Å²) in [6.07, 6.45) is 1.58. The summed E-state index contributed by atoms with van der Waals surface area (Å²) in [5, 5.41) is 9.85. The summed E-state index contributed by atoms with van der Waals surface area (Å²) in [5.74, 6) is 1.38. The first-order valence-electron chi connectivity index (χ1n) is 12.1. The molecule has 6 rings (SSSR count). The van der Waals surface area contributed by atoms with E-state index in [2.05, 4.69) is 35.7 Å². The molecule has 0 saturated carbocycles. The van der Waals surface area contributed by atoms with Gasteiger partial charge in [0.25, 0.3) is 5.91 Å². The van der Waals surface area contributed by atoms with Crippen molar-refractivity contribution in [1.29, 1.82) is 0 Å². The predicted molar refractivity (Wildman–Crippen MR) is 142 cm³/mol. The lowest BCUT2D eigenvalue weighted by Gasteiger charge is -2.28. The quantitative estimate of drug-likeness (QED) is 0.383. The van der Waals surface area contributed by atoms with E-state index in [1.807, 2.05) is 24.0 Å². The van der Waals surface area contributed by atoms with Crippen LogP contribution in [0.5, 0.6) is 0 Å². The van der Waals surface area contributed by atoms with Gasteiger partial charge in [-0.3, -0.25) is 24.8 Å². The number of rotatable bonds is 5. The van der Waals surface area contributed by atoms with Gasteiger partial charge in [0, 0.05) is 42.8 Å². The molecule has 2 N–H and O–H groups in total. The highest BCUT2D eigenvalue weighted by Crippen LogP contribution is 2.37. The van der Waals surface area contributed by atoms with Crippen molar-refractivity contribution in [3.63, 3.8) is 0 Å². The van der Waals surface area contributed by atoms with E-state index in [1.54, 1.807) is 36.4 Å². The van der Waals surface area contributed by atoms with Crippen LogP contribution in [0.25, 0.3) is 11.6 Å². The minimum Gasteiger partial charge on any atom is -0.321 e. The van der Waals surface area contributed by atoms with E-state index in [0.717, 1.165) is 46.4 Å². The Hall–Kier alpha value is -5.14. The zero-order valence-corrected chi connectivity index (χ0v) is 21.2. The fourth-order valence-electron chi connectivity index (χ4n) is 4.48. The smallest absolute Gasteiger partial charge is 0.321 e. The maximum atomic E-state index is 13.1. The summed E-state index contributed by atoms with van der Waals surface area (Å²) in [5.41, 5.74) is 2.42. The number of aromatic nitrogens is 6. The monoisotopic (exact) mass is 546 g/mol. The fourth-order valence-corrected chi connectivity index (χ4v) is 4.48. The van der Waals surface area contributed by atoms with E-state index in [9.17, 15) is 18.0 Å². The van der Waals surface area contributed by atoms with Crippen molar-refractivity contribution in [1.82, 2.24) is 29.7 Å². The zero-order valence-electron chi connectivity index (χ0n) is 21.2. The van der Waals surface area contributed by atoms with Gasteiger partial charge in [-0.15, -0.1) is 5.10 Å². The van der Waals surface area contributed by atoms with Gasteiger partial charge in [-0.1, -0.05) is 6.07 Å². The number of amides is 1. The Balaban J connectivity index is 1.31. The maximum Gasteiger partial charge on any atom is 0.416 e. The summed E-state index contributed by atoms with van der Waals surface area (Å²) in [4.78, 5) is 36.5. The third kappa shape index (κ3) is 4.74. The van der Waals surface area contributed by atoms with Crippen molar-refractivity contribution in [2.24, 2.45) is 12.0 Å². The van der Waals surface area contributed by atoms with Gasteiger partial charge in [-0.05, 0) is 48.4 Å². The number of fused-ring (bicyclic) bond motifs is 3. The molecule has 0 aliphatic carbocycles. The second-order valence-corrected chi connectivity index (χ2v) is 9.17. The molecule has 2 aliphatic heterocycles. The average Bonchev–Trinajstić information content (AvgIpc) is 3.58. The minimum absolute atomic E-state index is 0.337. The fraction of sp³-hybridized carbons (Fsp3) is 0.192. The lowest BCUT2D eigenvalue weighted by molar-refractivity contribution is -0.137. The van der Waals surface area contributed by atoms with Crippen LogP contribution in [0.15, 0.2) is 54.0 Å². The molecule has 0 spiro atoms. The molecule has 11 nitrogen and oxygen atoms in total. The summed E-state index contributed by atoms with van der Waals surface area (Å²) in [6.45, 7) is 3.11. The standard InChI is InChI=1S/C26H21F3N10O/c1-14-3-4-17(34-23(40)20-10-16(5-6-30-20)26(27,28)29)11-18(14)19-9-15-12-32-24(36-25-33-13-38(2)37-25)35-21(15)39-8-7-31-22(19)39/h3-6,9-13H,7-8H2,1-2H3,(H,34,40)(H,32,35,36,37). The normalized spacial score (nSPS) is 14.3. The molecule has 3 aromatic heterocycles. The van der Waals surface area contributed by atoms with Gasteiger partial charge < -0.3 is 10.2 Å². The molecule has 1 amide bonds. The van der Waals surface area contributed by atoms with Crippen molar-refractivity contribution < 1.29 is 18.0 Å². The Kier molecular flexibility index (Phi) is 6.01. The molecule has 5 heterocycles. The number of alkyl halides is 3.